The smallest absolute Gasteiger partial charge is 0.279 e. The van der Waals surface area contributed by atoms with E-state index in [-0.39, 0.29) is 12.1 Å². The molecule has 0 radical (unpaired) electrons. The third kappa shape index (κ3) is 4.02. The highest BCUT2D eigenvalue weighted by molar-refractivity contribution is 7.87. The zero-order valence-electron chi connectivity index (χ0n) is 11.8. The molecule has 0 bridgehead atoms. The molecule has 1 fully saturated rings. The van der Waals surface area contributed by atoms with Gasteiger partial charge in [0.15, 0.2) is 0 Å². The summed E-state index contributed by atoms with van der Waals surface area (Å²) in [6.45, 7) is 2.86. The molecule has 1 saturated heterocycles. The lowest BCUT2D eigenvalue weighted by Gasteiger charge is -2.34. The Kier molecular flexibility index (Phi) is 5.57. The molecule has 0 aliphatic carbocycles. The van der Waals surface area contributed by atoms with Gasteiger partial charge in [-0.25, -0.2) is 0 Å². The van der Waals surface area contributed by atoms with Crippen molar-refractivity contribution in [3.05, 3.63) is 22.4 Å². The zero-order valence-corrected chi connectivity index (χ0v) is 13.4. The van der Waals surface area contributed by atoms with Crippen molar-refractivity contribution in [2.75, 3.05) is 13.1 Å². The lowest BCUT2D eigenvalue weighted by Crippen LogP contribution is -2.53. The summed E-state index contributed by atoms with van der Waals surface area (Å²) in [4.78, 5) is 0. The van der Waals surface area contributed by atoms with E-state index in [1.54, 1.807) is 15.6 Å². The fourth-order valence-corrected chi connectivity index (χ4v) is 5.01. The second kappa shape index (κ2) is 7.00. The number of piperidine rings is 1. The van der Waals surface area contributed by atoms with Crippen LogP contribution in [0.5, 0.6) is 0 Å². The van der Waals surface area contributed by atoms with Crippen LogP contribution in [0.4, 0.5) is 0 Å². The van der Waals surface area contributed by atoms with Crippen LogP contribution in [-0.2, 0) is 16.6 Å². The van der Waals surface area contributed by atoms with Crippen LogP contribution in [0.25, 0.3) is 0 Å². The Balaban J connectivity index is 1.98. The molecule has 20 heavy (non-hydrogen) atoms. The van der Waals surface area contributed by atoms with Crippen LogP contribution in [-0.4, -0.2) is 37.9 Å². The molecule has 1 aromatic rings. The van der Waals surface area contributed by atoms with Crippen LogP contribution in [0, 0.1) is 0 Å². The van der Waals surface area contributed by atoms with Gasteiger partial charge in [-0.15, -0.1) is 0 Å². The van der Waals surface area contributed by atoms with E-state index in [0.29, 0.717) is 19.5 Å². The molecule has 2 rings (SSSR count). The molecule has 0 spiro atoms. The second-order valence-corrected chi connectivity index (χ2v) is 7.79. The second-order valence-electron chi connectivity index (χ2n) is 5.36. The largest absolute Gasteiger partial charge is 0.329 e. The van der Waals surface area contributed by atoms with Gasteiger partial charge in [0.05, 0.1) is 0 Å². The van der Waals surface area contributed by atoms with E-state index < -0.39 is 10.2 Å². The summed E-state index contributed by atoms with van der Waals surface area (Å²) >= 11 is 1.63. The molecule has 2 unspecified atom stereocenters. The summed E-state index contributed by atoms with van der Waals surface area (Å²) < 4.78 is 29.2. The van der Waals surface area contributed by atoms with Crippen LogP contribution < -0.4 is 10.5 Å². The minimum atomic E-state index is -3.44. The maximum absolute atomic E-state index is 12.5. The number of nitrogens with one attached hydrogen (secondary N) is 1. The van der Waals surface area contributed by atoms with Crippen LogP contribution in [0.3, 0.4) is 0 Å². The van der Waals surface area contributed by atoms with Crippen molar-refractivity contribution in [1.82, 2.24) is 9.03 Å². The van der Waals surface area contributed by atoms with Gasteiger partial charge in [0.25, 0.3) is 10.2 Å². The van der Waals surface area contributed by atoms with Crippen molar-refractivity contribution < 1.29 is 8.42 Å². The summed E-state index contributed by atoms with van der Waals surface area (Å²) in [6, 6.07) is 1.85. The summed E-state index contributed by atoms with van der Waals surface area (Å²) in [7, 11) is -3.44. The highest BCUT2D eigenvalue weighted by atomic mass is 32.2. The number of nitrogens with zero attached hydrogens (tertiary/aromatic N) is 1. The summed E-state index contributed by atoms with van der Waals surface area (Å²) in [5.74, 6) is 0. The molecule has 2 heterocycles. The molecule has 114 valence electrons. The van der Waals surface area contributed by atoms with Crippen LogP contribution >= 0.6 is 11.3 Å². The predicted octanol–water partition coefficient (Wildman–Crippen LogP) is 1.33. The van der Waals surface area contributed by atoms with E-state index >= 15 is 0 Å². The van der Waals surface area contributed by atoms with E-state index in [1.165, 1.54) is 5.56 Å². The number of rotatable bonds is 6. The molecule has 7 heteroatoms. The van der Waals surface area contributed by atoms with Gasteiger partial charge in [0.1, 0.15) is 0 Å². The SMILES string of the molecule is CC(Cc1ccsc1)NS(=O)(=O)N1CCCCC1CN. The average molecular weight is 317 g/mol. The molecule has 0 amide bonds. The molecule has 0 aromatic carbocycles. The fraction of sp³-hybridized carbons (Fsp3) is 0.692. The first-order chi connectivity index (χ1) is 9.53. The van der Waals surface area contributed by atoms with Crippen molar-refractivity contribution in [1.29, 1.82) is 0 Å². The number of hydrogen-bond donors (Lipinski definition) is 2. The lowest BCUT2D eigenvalue weighted by molar-refractivity contribution is 0.253. The zero-order chi connectivity index (χ0) is 14.6. The maximum atomic E-state index is 12.5. The topological polar surface area (TPSA) is 75.4 Å². The standard InChI is InChI=1S/C13H23N3O2S2/c1-11(8-12-5-7-19-10-12)15-20(17,18)16-6-3-2-4-13(16)9-14/h5,7,10-11,13,15H,2-4,6,8-9,14H2,1H3. The molecule has 1 aromatic heterocycles. The van der Waals surface area contributed by atoms with Crippen molar-refractivity contribution in [3.63, 3.8) is 0 Å². The Morgan fingerprint density at radius 2 is 2.35 bits per heavy atom. The molecular weight excluding hydrogens is 294 g/mol. The minimum absolute atomic E-state index is 0.0606. The number of hydrogen-bond acceptors (Lipinski definition) is 4. The monoisotopic (exact) mass is 317 g/mol. The van der Waals surface area contributed by atoms with Crippen molar-refractivity contribution in [2.45, 2.75) is 44.7 Å². The van der Waals surface area contributed by atoms with Gasteiger partial charge in [-0.3, -0.25) is 0 Å². The molecule has 2 atom stereocenters. The van der Waals surface area contributed by atoms with Gasteiger partial charge in [0.2, 0.25) is 0 Å². The molecular formula is C13H23N3O2S2. The molecule has 3 N–H and O–H groups in total. The highest BCUT2D eigenvalue weighted by Gasteiger charge is 2.32. The van der Waals surface area contributed by atoms with Crippen molar-refractivity contribution >= 4 is 21.5 Å². The summed E-state index contributed by atoms with van der Waals surface area (Å²) in [5.41, 5.74) is 6.86. The number of thiophene rings is 1. The number of nitrogens with two attached hydrogens (primary N) is 1. The van der Waals surface area contributed by atoms with Gasteiger partial charge in [-0.05, 0) is 48.6 Å². The minimum Gasteiger partial charge on any atom is -0.329 e. The molecule has 1 aliphatic rings. The first-order valence-electron chi connectivity index (χ1n) is 7.03. The van der Waals surface area contributed by atoms with Gasteiger partial charge >= 0.3 is 0 Å². The van der Waals surface area contributed by atoms with Gasteiger partial charge in [-0.1, -0.05) is 6.42 Å². The van der Waals surface area contributed by atoms with Crippen LogP contribution in [0.1, 0.15) is 31.7 Å². The normalized spacial score (nSPS) is 22.8. The first-order valence-corrected chi connectivity index (χ1v) is 9.41. The Hall–Kier alpha value is -0.470. The Bertz CT molecular complexity index is 502. The average Bonchev–Trinajstić information content (AvgIpc) is 2.90. The first kappa shape index (κ1) is 15.9. The molecule has 1 aliphatic heterocycles. The third-order valence-electron chi connectivity index (χ3n) is 3.63. The van der Waals surface area contributed by atoms with E-state index in [0.717, 1.165) is 19.3 Å². The Morgan fingerprint density at radius 1 is 1.55 bits per heavy atom. The molecule has 0 saturated carbocycles. The van der Waals surface area contributed by atoms with Crippen LogP contribution in [0.2, 0.25) is 0 Å². The summed E-state index contributed by atoms with van der Waals surface area (Å²) in [5, 5.41) is 4.06. The van der Waals surface area contributed by atoms with Crippen molar-refractivity contribution in [2.24, 2.45) is 5.73 Å². The fourth-order valence-electron chi connectivity index (χ4n) is 2.65. The maximum Gasteiger partial charge on any atom is 0.279 e. The quantitative estimate of drug-likeness (QED) is 0.831. The van der Waals surface area contributed by atoms with Crippen LogP contribution in [0.15, 0.2) is 16.8 Å². The summed E-state index contributed by atoms with van der Waals surface area (Å²) in [6.07, 6.45) is 3.54. The Morgan fingerprint density at radius 3 is 3.00 bits per heavy atom. The van der Waals surface area contributed by atoms with E-state index in [9.17, 15) is 8.42 Å². The highest BCUT2D eigenvalue weighted by Crippen LogP contribution is 2.19. The van der Waals surface area contributed by atoms with Gasteiger partial charge in [0, 0.05) is 25.2 Å². The lowest BCUT2D eigenvalue weighted by atomic mass is 10.1. The van der Waals surface area contributed by atoms with E-state index in [2.05, 4.69) is 4.72 Å². The van der Waals surface area contributed by atoms with E-state index in [1.807, 2.05) is 23.8 Å². The van der Waals surface area contributed by atoms with Gasteiger partial charge < -0.3 is 5.73 Å². The Labute approximate surface area is 125 Å². The third-order valence-corrected chi connectivity index (χ3v) is 6.16. The van der Waals surface area contributed by atoms with E-state index in [4.69, 9.17) is 5.73 Å². The predicted molar refractivity (Wildman–Crippen MR) is 82.9 cm³/mol. The van der Waals surface area contributed by atoms with Crippen molar-refractivity contribution in [3.8, 4) is 0 Å². The van der Waals surface area contributed by atoms with Gasteiger partial charge in [-0.2, -0.15) is 28.8 Å². The molecule has 5 nitrogen and oxygen atoms in total.